The third-order valence-corrected chi connectivity index (χ3v) is 5.96. The van der Waals surface area contributed by atoms with E-state index in [1.165, 1.54) is 12.1 Å². The fourth-order valence-corrected chi connectivity index (χ4v) is 4.67. The van der Waals surface area contributed by atoms with Crippen LogP contribution in [0.4, 0.5) is 13.2 Å². The van der Waals surface area contributed by atoms with E-state index in [1.54, 1.807) is 0 Å². The normalized spacial score (nSPS) is 24.0. The minimum Gasteiger partial charge on any atom is -0.392 e. The van der Waals surface area contributed by atoms with Crippen molar-refractivity contribution < 1.29 is 26.7 Å². The Bertz CT molecular complexity index is 596. The molecule has 118 valence electrons. The summed E-state index contributed by atoms with van der Waals surface area (Å²) in [5.41, 5.74) is -0.762. The van der Waals surface area contributed by atoms with Crippen LogP contribution in [-0.4, -0.2) is 24.9 Å². The Kier molecular flexibility index (Phi) is 4.63. The summed E-state index contributed by atoms with van der Waals surface area (Å²) < 4.78 is 62.5. The Hall–Kier alpha value is -1.08. The van der Waals surface area contributed by atoms with Crippen LogP contribution in [0.1, 0.15) is 36.8 Å². The number of rotatable bonds is 3. The first-order valence-electron chi connectivity index (χ1n) is 6.76. The van der Waals surface area contributed by atoms with Crippen molar-refractivity contribution in [2.75, 3.05) is 0 Å². The highest BCUT2D eigenvalue weighted by Crippen LogP contribution is 2.31. The van der Waals surface area contributed by atoms with Gasteiger partial charge in [0.1, 0.15) is 0 Å². The fourth-order valence-electron chi connectivity index (χ4n) is 2.67. The first-order chi connectivity index (χ1) is 9.70. The van der Waals surface area contributed by atoms with Gasteiger partial charge in [0.05, 0.1) is 22.7 Å². The van der Waals surface area contributed by atoms with Crippen molar-refractivity contribution >= 4 is 9.84 Å². The van der Waals surface area contributed by atoms with E-state index in [0.717, 1.165) is 18.6 Å². The predicted octanol–water partition coefficient (Wildman–Crippen LogP) is 2.92. The molecule has 0 radical (unpaired) electrons. The molecular formula is C14H17F3O3S. The van der Waals surface area contributed by atoms with Gasteiger partial charge in [0, 0.05) is 0 Å². The molecule has 0 heterocycles. The van der Waals surface area contributed by atoms with Crippen LogP contribution < -0.4 is 0 Å². The standard InChI is InChI=1S/C14H17F3O3S/c15-14(16,17)11-5-3-4-10(8-11)9-21(19,20)13-7-2-1-6-12(13)18/h3-5,8,12-13,18H,1-2,6-7,9H2. The maximum absolute atomic E-state index is 12.6. The monoisotopic (exact) mass is 322 g/mol. The Morgan fingerprint density at radius 2 is 1.86 bits per heavy atom. The molecule has 2 unspecified atom stereocenters. The SMILES string of the molecule is O=S(=O)(Cc1cccc(C(F)(F)F)c1)C1CCCCC1O. The number of aliphatic hydroxyl groups is 1. The van der Waals surface area contributed by atoms with E-state index in [1.807, 2.05) is 0 Å². The van der Waals surface area contributed by atoms with Crippen molar-refractivity contribution in [1.82, 2.24) is 0 Å². The third kappa shape index (κ3) is 3.97. The molecule has 0 aliphatic heterocycles. The van der Waals surface area contributed by atoms with Gasteiger partial charge in [-0.2, -0.15) is 13.2 Å². The first kappa shape index (κ1) is 16.3. The number of hydrogen-bond acceptors (Lipinski definition) is 3. The smallest absolute Gasteiger partial charge is 0.392 e. The summed E-state index contributed by atoms with van der Waals surface area (Å²) in [6.45, 7) is 0. The molecular weight excluding hydrogens is 305 g/mol. The van der Waals surface area contributed by atoms with Crippen molar-refractivity contribution in [2.24, 2.45) is 0 Å². The van der Waals surface area contributed by atoms with Crippen LogP contribution >= 0.6 is 0 Å². The summed E-state index contributed by atoms with van der Waals surface area (Å²) in [5, 5.41) is 8.93. The molecule has 1 N–H and O–H groups in total. The molecule has 1 aromatic rings. The minimum absolute atomic E-state index is 0.0996. The van der Waals surface area contributed by atoms with Gasteiger partial charge in [0.2, 0.25) is 0 Å². The van der Waals surface area contributed by atoms with Crippen molar-refractivity contribution in [3.8, 4) is 0 Å². The molecule has 1 aromatic carbocycles. The Labute approximate surface area is 121 Å². The lowest BCUT2D eigenvalue weighted by Crippen LogP contribution is -2.37. The molecule has 0 amide bonds. The van der Waals surface area contributed by atoms with E-state index in [4.69, 9.17) is 0 Å². The van der Waals surface area contributed by atoms with Crippen molar-refractivity contribution in [3.63, 3.8) is 0 Å². The summed E-state index contributed by atoms with van der Waals surface area (Å²) >= 11 is 0. The van der Waals surface area contributed by atoms with E-state index in [9.17, 15) is 26.7 Å². The summed E-state index contributed by atoms with van der Waals surface area (Å²) in [6, 6.07) is 4.32. The zero-order valence-electron chi connectivity index (χ0n) is 11.3. The number of aliphatic hydroxyl groups excluding tert-OH is 1. The Morgan fingerprint density at radius 3 is 2.48 bits per heavy atom. The van der Waals surface area contributed by atoms with E-state index in [2.05, 4.69) is 0 Å². The van der Waals surface area contributed by atoms with Crippen LogP contribution in [0, 0.1) is 0 Å². The number of benzene rings is 1. The largest absolute Gasteiger partial charge is 0.416 e. The van der Waals surface area contributed by atoms with Gasteiger partial charge in [-0.05, 0) is 24.5 Å². The van der Waals surface area contributed by atoms with E-state index in [-0.39, 0.29) is 5.56 Å². The molecule has 7 heteroatoms. The summed E-state index contributed by atoms with van der Waals surface area (Å²) in [5.74, 6) is -0.474. The van der Waals surface area contributed by atoms with E-state index in [0.29, 0.717) is 19.3 Å². The molecule has 2 rings (SSSR count). The average Bonchev–Trinajstić information content (AvgIpc) is 2.37. The van der Waals surface area contributed by atoms with Crippen molar-refractivity contribution in [2.45, 2.75) is 49.0 Å². The van der Waals surface area contributed by atoms with Gasteiger partial charge in [0.25, 0.3) is 0 Å². The fraction of sp³-hybridized carbons (Fsp3) is 0.571. The summed E-state index contributed by atoms with van der Waals surface area (Å²) in [4.78, 5) is 0. The van der Waals surface area contributed by atoms with Gasteiger partial charge >= 0.3 is 6.18 Å². The lowest BCUT2D eigenvalue weighted by molar-refractivity contribution is -0.137. The molecule has 3 nitrogen and oxygen atoms in total. The van der Waals surface area contributed by atoms with Gasteiger partial charge in [-0.3, -0.25) is 0 Å². The van der Waals surface area contributed by atoms with Crippen molar-refractivity contribution in [1.29, 1.82) is 0 Å². The zero-order chi connectivity index (χ0) is 15.7. The molecule has 0 aromatic heterocycles. The van der Waals surface area contributed by atoms with Crippen LogP contribution in [0.25, 0.3) is 0 Å². The molecule has 21 heavy (non-hydrogen) atoms. The highest BCUT2D eigenvalue weighted by Gasteiger charge is 2.35. The van der Waals surface area contributed by atoms with Gasteiger partial charge in [-0.1, -0.05) is 31.0 Å². The van der Waals surface area contributed by atoms with E-state index >= 15 is 0 Å². The maximum atomic E-state index is 12.6. The van der Waals surface area contributed by atoms with Gasteiger partial charge in [-0.15, -0.1) is 0 Å². The number of hydrogen-bond donors (Lipinski definition) is 1. The highest BCUT2D eigenvalue weighted by molar-refractivity contribution is 7.91. The predicted molar refractivity (Wildman–Crippen MR) is 72.3 cm³/mol. The molecule has 2 atom stereocenters. The average molecular weight is 322 g/mol. The molecule has 1 aliphatic carbocycles. The molecule has 1 aliphatic rings. The zero-order valence-corrected chi connectivity index (χ0v) is 12.1. The maximum Gasteiger partial charge on any atom is 0.416 e. The molecule has 1 saturated carbocycles. The molecule has 0 spiro atoms. The summed E-state index contributed by atoms with van der Waals surface area (Å²) in [7, 11) is -3.67. The van der Waals surface area contributed by atoms with Crippen LogP contribution in [0.15, 0.2) is 24.3 Å². The van der Waals surface area contributed by atoms with Crippen molar-refractivity contribution in [3.05, 3.63) is 35.4 Å². The lowest BCUT2D eigenvalue weighted by Gasteiger charge is -2.27. The van der Waals surface area contributed by atoms with Crippen LogP contribution in [-0.2, 0) is 21.8 Å². The highest BCUT2D eigenvalue weighted by atomic mass is 32.2. The second-order valence-electron chi connectivity index (χ2n) is 5.40. The van der Waals surface area contributed by atoms with Crippen LogP contribution in [0.5, 0.6) is 0 Å². The number of halogens is 3. The van der Waals surface area contributed by atoms with Gasteiger partial charge < -0.3 is 5.11 Å². The second kappa shape index (κ2) is 5.96. The topological polar surface area (TPSA) is 54.4 Å². The Balaban J connectivity index is 2.20. The minimum atomic E-state index is -4.50. The third-order valence-electron chi connectivity index (χ3n) is 3.75. The van der Waals surface area contributed by atoms with Crippen LogP contribution in [0.2, 0.25) is 0 Å². The second-order valence-corrected chi connectivity index (χ2v) is 7.62. The quantitative estimate of drug-likeness (QED) is 0.931. The van der Waals surface area contributed by atoms with Gasteiger partial charge in [0.15, 0.2) is 9.84 Å². The van der Waals surface area contributed by atoms with Gasteiger partial charge in [-0.25, -0.2) is 8.42 Å². The Morgan fingerprint density at radius 1 is 1.19 bits per heavy atom. The van der Waals surface area contributed by atoms with E-state index < -0.39 is 38.7 Å². The van der Waals surface area contributed by atoms with Crippen LogP contribution in [0.3, 0.4) is 0 Å². The molecule has 0 bridgehead atoms. The summed E-state index contributed by atoms with van der Waals surface area (Å²) in [6.07, 6.45) is -3.14. The number of sulfone groups is 1. The molecule has 1 fully saturated rings. The molecule has 0 saturated heterocycles. The first-order valence-corrected chi connectivity index (χ1v) is 8.47. The lowest BCUT2D eigenvalue weighted by atomic mass is 9.97. The number of alkyl halides is 3.